The lowest BCUT2D eigenvalue weighted by atomic mass is 10.1. The van der Waals surface area contributed by atoms with Gasteiger partial charge in [0.05, 0.1) is 25.7 Å². The van der Waals surface area contributed by atoms with Crippen molar-refractivity contribution in [2.45, 2.75) is 128 Å². The first-order valence-electron chi connectivity index (χ1n) is 29.4. The minimum atomic E-state index is -0.987. The van der Waals surface area contributed by atoms with E-state index in [1.165, 1.54) is 37.5 Å². The molecule has 5 rings (SSSR count). The molecule has 0 spiro atoms. The zero-order valence-corrected chi connectivity index (χ0v) is 48.9. The summed E-state index contributed by atoms with van der Waals surface area (Å²) >= 11 is 0. The maximum absolute atomic E-state index is 15.2. The van der Waals surface area contributed by atoms with E-state index in [1.807, 2.05) is 91.0 Å². The lowest BCUT2D eigenvalue weighted by Gasteiger charge is -2.35. The molecule has 83 heavy (non-hydrogen) atoms. The molecule has 0 saturated heterocycles. The number of nitrogens with one attached hydrogen (secondary N) is 2. The number of hydrogen-bond acceptors (Lipinski definition) is 12. The van der Waals surface area contributed by atoms with Gasteiger partial charge in [-0.1, -0.05) is 123 Å². The molecule has 0 unspecified atom stereocenters. The van der Waals surface area contributed by atoms with Gasteiger partial charge < -0.3 is 62.1 Å². The molecule has 9 amide bonds. The molecule has 8 N–H and O–H groups in total. The van der Waals surface area contributed by atoms with E-state index in [2.05, 4.69) is 17.2 Å². The zero-order valence-electron chi connectivity index (χ0n) is 48.9. The fourth-order valence-electron chi connectivity index (χ4n) is 10.5. The fraction of sp³-hybridized carbons (Fsp3) is 0.532. The number of carbonyl (C=O) groups excluding carboxylic acids is 9. The van der Waals surface area contributed by atoms with Gasteiger partial charge in [-0.3, -0.25) is 43.2 Å². The Balaban J connectivity index is 1.40. The molecule has 21 nitrogen and oxygen atoms in total. The van der Waals surface area contributed by atoms with E-state index in [0.717, 1.165) is 49.7 Å². The molecule has 0 aromatic heterocycles. The van der Waals surface area contributed by atoms with Crippen molar-refractivity contribution >= 4 is 53.2 Å². The van der Waals surface area contributed by atoms with Crippen molar-refractivity contribution in [3.8, 4) is 0 Å². The molecular formula is C62H90N12O9. The maximum Gasteiger partial charge on any atom is 0.243 e. The van der Waals surface area contributed by atoms with Crippen molar-refractivity contribution in [1.82, 2.24) is 44.9 Å². The van der Waals surface area contributed by atoms with Crippen molar-refractivity contribution in [1.29, 1.82) is 0 Å². The summed E-state index contributed by atoms with van der Waals surface area (Å²) in [6, 6.07) is 26.0. The summed E-state index contributed by atoms with van der Waals surface area (Å²) in [5.74, 6) is -4.77. The number of unbranched alkanes of at least 4 members (excludes halogenated alkanes) is 2. The SMILES string of the molecule is C=CCN(CC(=O)N(CCCCN)CC(=O)N(CCCCN)CC(=O)N[C@H](C)C(N)=O)C(=O)CN(C(=O)CN(Cc1ccccc1)C(=O)CN(C(=O)CN(Cc1ccccc1)C(=O)CNC1CCCC1)C1CCCC1)[C@H](C)c1ccccc1. The summed E-state index contributed by atoms with van der Waals surface area (Å²) in [5.41, 5.74) is 19.2. The second-order valence-corrected chi connectivity index (χ2v) is 21.8. The summed E-state index contributed by atoms with van der Waals surface area (Å²) in [7, 11) is 0. The van der Waals surface area contributed by atoms with Crippen LogP contribution in [0.1, 0.15) is 114 Å². The average Bonchev–Trinajstić information content (AvgIpc) is 4.33. The lowest BCUT2D eigenvalue weighted by molar-refractivity contribution is -0.150. The van der Waals surface area contributed by atoms with Gasteiger partial charge in [0.15, 0.2) is 0 Å². The summed E-state index contributed by atoms with van der Waals surface area (Å²) in [6.45, 7) is 5.21. The molecule has 2 aliphatic carbocycles. The van der Waals surface area contributed by atoms with Crippen LogP contribution >= 0.6 is 0 Å². The smallest absolute Gasteiger partial charge is 0.243 e. The van der Waals surface area contributed by atoms with Gasteiger partial charge in [0.25, 0.3) is 0 Å². The highest BCUT2D eigenvalue weighted by Crippen LogP contribution is 2.26. The number of benzene rings is 3. The Labute approximate surface area is 490 Å². The molecule has 2 saturated carbocycles. The number of nitrogens with zero attached hydrogens (tertiary/aromatic N) is 7. The van der Waals surface area contributed by atoms with Crippen LogP contribution in [0.4, 0.5) is 0 Å². The largest absolute Gasteiger partial charge is 0.368 e. The average molecular weight is 1150 g/mol. The monoisotopic (exact) mass is 1150 g/mol. The van der Waals surface area contributed by atoms with Gasteiger partial charge in [-0.15, -0.1) is 6.58 Å². The van der Waals surface area contributed by atoms with Gasteiger partial charge in [-0.05, 0) is 95.0 Å². The van der Waals surface area contributed by atoms with Crippen LogP contribution in [-0.4, -0.2) is 191 Å². The molecule has 0 bridgehead atoms. The van der Waals surface area contributed by atoms with E-state index in [1.54, 1.807) is 16.7 Å². The summed E-state index contributed by atoms with van der Waals surface area (Å²) in [4.78, 5) is 137. The number of hydrogen-bond donors (Lipinski definition) is 5. The van der Waals surface area contributed by atoms with Crippen LogP contribution in [0.2, 0.25) is 0 Å². The van der Waals surface area contributed by atoms with Gasteiger partial charge in [-0.25, -0.2) is 0 Å². The van der Waals surface area contributed by atoms with Gasteiger partial charge in [0.1, 0.15) is 38.8 Å². The van der Waals surface area contributed by atoms with Gasteiger partial charge in [0.2, 0.25) is 53.2 Å². The Morgan fingerprint density at radius 3 is 1.53 bits per heavy atom. The number of nitrogens with two attached hydrogens (primary N) is 3. The molecule has 2 aliphatic rings. The van der Waals surface area contributed by atoms with Gasteiger partial charge >= 0.3 is 0 Å². The third kappa shape index (κ3) is 22.3. The van der Waals surface area contributed by atoms with E-state index in [0.29, 0.717) is 57.2 Å². The lowest BCUT2D eigenvalue weighted by Crippen LogP contribution is -2.53. The molecule has 21 heteroatoms. The molecule has 0 aliphatic heterocycles. The highest BCUT2D eigenvalue weighted by atomic mass is 16.2. The van der Waals surface area contributed by atoms with Crippen molar-refractivity contribution in [3.63, 3.8) is 0 Å². The number of carbonyl (C=O) groups is 9. The van der Waals surface area contributed by atoms with Crippen molar-refractivity contribution < 1.29 is 43.2 Å². The molecule has 0 heterocycles. The van der Waals surface area contributed by atoms with Crippen LogP contribution in [0.15, 0.2) is 104 Å². The molecule has 0 radical (unpaired) electrons. The summed E-state index contributed by atoms with van der Waals surface area (Å²) in [6.07, 6.45) is 10.7. The Bertz CT molecular complexity index is 2560. The standard InChI is InChI=1S/C62H90N12O9/c1-4-34-68(41-57(78)70(36-21-19-33-64)42-56(77)69(35-20-18-32-63)40-54(75)67-47(2)62(65)83)58(79)45-73(48(3)51-26-12-7-13-27-51)60(81)43-72(39-50-24-10-6-11-25-50)59(80)46-74(53-30-16-17-31-53)61(82)44-71(38-49-22-8-5-9-23-49)55(76)37-66-52-28-14-15-29-52/h4-13,22-27,47-48,52-53,66H,1,14-21,28-46,63-64H2,2-3H3,(H2,65,83)(H,67,75)/t47-,48-/m1/s1. The third-order valence-corrected chi connectivity index (χ3v) is 15.4. The van der Waals surface area contributed by atoms with Gasteiger partial charge in [-0.2, -0.15) is 0 Å². The minimum absolute atomic E-state index is 0.00247. The van der Waals surface area contributed by atoms with Crippen LogP contribution in [0.3, 0.4) is 0 Å². The highest BCUT2D eigenvalue weighted by Gasteiger charge is 2.35. The molecule has 2 atom stereocenters. The van der Waals surface area contributed by atoms with Crippen molar-refractivity contribution in [3.05, 3.63) is 120 Å². The minimum Gasteiger partial charge on any atom is -0.368 e. The second-order valence-electron chi connectivity index (χ2n) is 21.8. The predicted molar refractivity (Wildman–Crippen MR) is 318 cm³/mol. The van der Waals surface area contributed by atoms with Crippen LogP contribution < -0.4 is 27.8 Å². The highest BCUT2D eigenvalue weighted by molar-refractivity contribution is 5.94. The normalized spacial score (nSPS) is 14.0. The summed E-state index contributed by atoms with van der Waals surface area (Å²) < 4.78 is 0. The van der Waals surface area contributed by atoms with E-state index in [4.69, 9.17) is 17.2 Å². The first-order valence-corrected chi connectivity index (χ1v) is 29.4. The van der Waals surface area contributed by atoms with Crippen molar-refractivity contribution in [2.24, 2.45) is 17.2 Å². The Morgan fingerprint density at radius 2 is 1.00 bits per heavy atom. The predicted octanol–water partition coefficient (Wildman–Crippen LogP) is 3.08. The first-order chi connectivity index (χ1) is 40.0. The second kappa shape index (κ2) is 35.5. The topological polar surface area (TPSA) is 278 Å². The maximum atomic E-state index is 15.2. The van der Waals surface area contributed by atoms with E-state index in [-0.39, 0.29) is 76.3 Å². The number of amides is 9. The Morgan fingerprint density at radius 1 is 0.542 bits per heavy atom. The Kier molecular flexibility index (Phi) is 28.4. The number of rotatable bonds is 36. The van der Waals surface area contributed by atoms with E-state index < -0.39 is 86.2 Å². The van der Waals surface area contributed by atoms with Gasteiger partial charge in [0, 0.05) is 44.8 Å². The van der Waals surface area contributed by atoms with Crippen LogP contribution in [-0.2, 0) is 56.2 Å². The molecule has 3 aromatic rings. The third-order valence-electron chi connectivity index (χ3n) is 15.4. The van der Waals surface area contributed by atoms with E-state index in [9.17, 15) is 33.6 Å². The van der Waals surface area contributed by atoms with E-state index >= 15 is 9.59 Å². The van der Waals surface area contributed by atoms with Crippen molar-refractivity contribution in [2.75, 3.05) is 85.1 Å². The summed E-state index contributed by atoms with van der Waals surface area (Å²) in [5, 5.41) is 5.88. The quantitative estimate of drug-likeness (QED) is 0.0415. The van der Waals surface area contributed by atoms with Crippen LogP contribution in [0, 0.1) is 0 Å². The molecular weight excluding hydrogens is 1060 g/mol. The number of primary amides is 1. The first kappa shape index (κ1) is 66.3. The van der Waals surface area contributed by atoms with Crippen LogP contribution in [0.25, 0.3) is 0 Å². The van der Waals surface area contributed by atoms with Crippen LogP contribution in [0.5, 0.6) is 0 Å². The fourth-order valence-corrected chi connectivity index (χ4v) is 10.5. The zero-order chi connectivity index (χ0) is 60.1. The molecule has 452 valence electrons. The molecule has 2 fully saturated rings. The Hall–Kier alpha value is -7.49. The molecule has 3 aromatic carbocycles.